The van der Waals surface area contributed by atoms with Crippen LogP contribution >= 0.6 is 11.3 Å². The largest absolute Gasteiger partial charge is 0.349 e. The van der Waals surface area contributed by atoms with Crippen LogP contribution in [-0.4, -0.2) is 29.9 Å². The Morgan fingerprint density at radius 2 is 2.42 bits per heavy atom. The number of hydrogen-bond donors (Lipinski definition) is 0. The molecule has 0 aliphatic rings. The van der Waals surface area contributed by atoms with E-state index < -0.39 is 0 Å². The number of aromatic nitrogens is 1. The standard InChI is InChI=1S/C8H12N2OS/c1-10(2)8(11)4-3-7-5-12-6-9-7/h5-6H,3-4H2,1-2H3. The lowest BCUT2D eigenvalue weighted by Gasteiger charge is -2.08. The van der Waals surface area contributed by atoms with Crippen molar-refractivity contribution in [2.24, 2.45) is 0 Å². The minimum atomic E-state index is 0.156. The Morgan fingerprint density at radius 3 is 2.92 bits per heavy atom. The van der Waals surface area contributed by atoms with Crippen molar-refractivity contribution in [1.29, 1.82) is 0 Å². The minimum absolute atomic E-state index is 0.156. The van der Waals surface area contributed by atoms with Crippen LogP contribution in [0, 0.1) is 0 Å². The Morgan fingerprint density at radius 1 is 1.67 bits per heavy atom. The van der Waals surface area contributed by atoms with Crippen LogP contribution in [-0.2, 0) is 11.2 Å². The van der Waals surface area contributed by atoms with Crippen LogP contribution in [0.1, 0.15) is 12.1 Å². The van der Waals surface area contributed by atoms with Gasteiger partial charge in [0.05, 0.1) is 11.2 Å². The topological polar surface area (TPSA) is 33.2 Å². The molecule has 0 atom stereocenters. The summed E-state index contributed by atoms with van der Waals surface area (Å²) < 4.78 is 0. The molecule has 3 nitrogen and oxygen atoms in total. The molecule has 1 aromatic heterocycles. The third-order valence-electron chi connectivity index (χ3n) is 1.58. The summed E-state index contributed by atoms with van der Waals surface area (Å²) in [6.07, 6.45) is 1.30. The van der Waals surface area contributed by atoms with Gasteiger partial charge in [0.1, 0.15) is 0 Å². The van der Waals surface area contributed by atoms with Crippen molar-refractivity contribution in [2.75, 3.05) is 14.1 Å². The third kappa shape index (κ3) is 2.62. The molecule has 0 aromatic carbocycles. The van der Waals surface area contributed by atoms with Crippen molar-refractivity contribution < 1.29 is 4.79 Å². The highest BCUT2D eigenvalue weighted by Gasteiger charge is 2.04. The summed E-state index contributed by atoms with van der Waals surface area (Å²) in [5, 5.41) is 1.98. The van der Waals surface area contributed by atoms with Gasteiger partial charge in [0.15, 0.2) is 0 Å². The van der Waals surface area contributed by atoms with E-state index in [0.717, 1.165) is 12.1 Å². The molecule has 4 heteroatoms. The fourth-order valence-corrected chi connectivity index (χ4v) is 1.41. The highest BCUT2D eigenvalue weighted by atomic mass is 32.1. The molecule has 0 bridgehead atoms. The Labute approximate surface area is 76.0 Å². The van der Waals surface area contributed by atoms with E-state index in [4.69, 9.17) is 0 Å². The highest BCUT2D eigenvalue weighted by molar-refractivity contribution is 7.07. The summed E-state index contributed by atoms with van der Waals surface area (Å²) in [5.41, 5.74) is 2.80. The number of rotatable bonds is 3. The smallest absolute Gasteiger partial charge is 0.222 e. The number of carbonyl (C=O) groups excluding carboxylic acids is 1. The van der Waals surface area contributed by atoms with E-state index in [1.807, 2.05) is 5.38 Å². The van der Waals surface area contributed by atoms with Gasteiger partial charge in [-0.05, 0) is 6.42 Å². The van der Waals surface area contributed by atoms with Gasteiger partial charge in [0.25, 0.3) is 0 Å². The Bertz CT molecular complexity index is 244. The van der Waals surface area contributed by atoms with E-state index in [1.165, 1.54) is 0 Å². The second-order valence-corrected chi connectivity index (χ2v) is 3.49. The first-order valence-corrected chi connectivity index (χ1v) is 4.71. The maximum Gasteiger partial charge on any atom is 0.222 e. The zero-order valence-electron chi connectivity index (χ0n) is 7.28. The summed E-state index contributed by atoms with van der Waals surface area (Å²) in [5.74, 6) is 0.156. The number of amides is 1. The van der Waals surface area contributed by atoms with Crippen molar-refractivity contribution in [2.45, 2.75) is 12.8 Å². The lowest BCUT2D eigenvalue weighted by molar-refractivity contribution is -0.128. The van der Waals surface area contributed by atoms with Gasteiger partial charge in [-0.2, -0.15) is 0 Å². The van der Waals surface area contributed by atoms with Crippen LogP contribution in [0.2, 0.25) is 0 Å². The van der Waals surface area contributed by atoms with Gasteiger partial charge >= 0.3 is 0 Å². The average molecular weight is 184 g/mol. The molecule has 0 fully saturated rings. The molecule has 66 valence electrons. The van der Waals surface area contributed by atoms with Crippen LogP contribution in [0.15, 0.2) is 10.9 Å². The molecular weight excluding hydrogens is 172 g/mol. The van der Waals surface area contributed by atoms with Crippen LogP contribution in [0.4, 0.5) is 0 Å². The second-order valence-electron chi connectivity index (χ2n) is 2.77. The normalized spacial score (nSPS) is 9.83. The summed E-state index contributed by atoms with van der Waals surface area (Å²) >= 11 is 1.56. The summed E-state index contributed by atoms with van der Waals surface area (Å²) in [6, 6.07) is 0. The molecule has 0 saturated heterocycles. The maximum atomic E-state index is 11.1. The van der Waals surface area contributed by atoms with Crippen LogP contribution in [0.25, 0.3) is 0 Å². The average Bonchev–Trinajstić information content (AvgIpc) is 2.51. The Kier molecular flexibility index (Phi) is 3.22. The SMILES string of the molecule is CN(C)C(=O)CCc1cscn1. The maximum absolute atomic E-state index is 11.1. The zero-order chi connectivity index (χ0) is 8.97. The fraction of sp³-hybridized carbons (Fsp3) is 0.500. The summed E-state index contributed by atoms with van der Waals surface area (Å²) in [7, 11) is 3.53. The first-order chi connectivity index (χ1) is 5.70. The molecule has 0 radical (unpaired) electrons. The van der Waals surface area contributed by atoms with Gasteiger partial charge in [0.2, 0.25) is 5.91 Å². The van der Waals surface area contributed by atoms with Crippen molar-refractivity contribution in [3.63, 3.8) is 0 Å². The van der Waals surface area contributed by atoms with Gasteiger partial charge in [0, 0.05) is 25.9 Å². The first kappa shape index (κ1) is 9.19. The van der Waals surface area contributed by atoms with Crippen molar-refractivity contribution >= 4 is 17.2 Å². The summed E-state index contributed by atoms with van der Waals surface area (Å²) in [6.45, 7) is 0. The van der Waals surface area contributed by atoms with Gasteiger partial charge in [-0.3, -0.25) is 4.79 Å². The predicted molar refractivity (Wildman–Crippen MR) is 49.1 cm³/mol. The molecule has 12 heavy (non-hydrogen) atoms. The van der Waals surface area contributed by atoms with E-state index in [9.17, 15) is 4.79 Å². The lowest BCUT2D eigenvalue weighted by Crippen LogP contribution is -2.21. The van der Waals surface area contributed by atoms with Gasteiger partial charge in [-0.15, -0.1) is 11.3 Å². The molecule has 0 unspecified atom stereocenters. The minimum Gasteiger partial charge on any atom is -0.349 e. The Hall–Kier alpha value is -0.900. The second kappa shape index (κ2) is 4.21. The van der Waals surface area contributed by atoms with Gasteiger partial charge in [-0.1, -0.05) is 0 Å². The van der Waals surface area contributed by atoms with Gasteiger partial charge in [-0.25, -0.2) is 4.98 Å². The number of thiazole rings is 1. The van der Waals surface area contributed by atoms with Crippen molar-refractivity contribution in [1.82, 2.24) is 9.88 Å². The van der Waals surface area contributed by atoms with E-state index >= 15 is 0 Å². The van der Waals surface area contributed by atoms with Crippen LogP contribution in [0.5, 0.6) is 0 Å². The number of hydrogen-bond acceptors (Lipinski definition) is 3. The molecule has 0 spiro atoms. The predicted octanol–water partition coefficient (Wildman–Crippen LogP) is 1.16. The van der Waals surface area contributed by atoms with E-state index in [-0.39, 0.29) is 5.91 Å². The number of carbonyl (C=O) groups is 1. The highest BCUT2D eigenvalue weighted by Crippen LogP contribution is 2.04. The molecular formula is C8H12N2OS. The van der Waals surface area contributed by atoms with Crippen molar-refractivity contribution in [3.8, 4) is 0 Å². The monoisotopic (exact) mass is 184 g/mol. The Balaban J connectivity index is 2.32. The summed E-state index contributed by atoms with van der Waals surface area (Å²) in [4.78, 5) is 16.8. The van der Waals surface area contributed by atoms with Crippen molar-refractivity contribution in [3.05, 3.63) is 16.6 Å². The van der Waals surface area contributed by atoms with E-state index in [2.05, 4.69) is 4.98 Å². The zero-order valence-corrected chi connectivity index (χ0v) is 8.10. The van der Waals surface area contributed by atoms with E-state index in [0.29, 0.717) is 6.42 Å². The quantitative estimate of drug-likeness (QED) is 0.706. The van der Waals surface area contributed by atoms with Crippen LogP contribution in [0.3, 0.4) is 0 Å². The third-order valence-corrected chi connectivity index (χ3v) is 2.21. The number of aryl methyl sites for hydroxylation is 1. The molecule has 0 N–H and O–H groups in total. The van der Waals surface area contributed by atoms with Gasteiger partial charge < -0.3 is 4.90 Å². The molecule has 0 saturated carbocycles. The molecule has 1 heterocycles. The molecule has 0 aliphatic heterocycles. The number of nitrogens with zero attached hydrogens (tertiary/aromatic N) is 2. The molecule has 0 aliphatic carbocycles. The lowest BCUT2D eigenvalue weighted by atomic mass is 10.2. The first-order valence-electron chi connectivity index (χ1n) is 3.77. The fourth-order valence-electron chi connectivity index (χ4n) is 0.820. The van der Waals surface area contributed by atoms with E-state index in [1.54, 1.807) is 35.8 Å². The molecule has 1 aromatic rings. The molecule has 1 rings (SSSR count). The molecule has 1 amide bonds. The van der Waals surface area contributed by atoms with Crippen LogP contribution < -0.4 is 0 Å².